The van der Waals surface area contributed by atoms with Crippen molar-refractivity contribution in [1.29, 1.82) is 0 Å². The van der Waals surface area contributed by atoms with Crippen LogP contribution in [0.3, 0.4) is 0 Å². The number of thiazole rings is 1. The molecule has 1 fully saturated rings. The number of carbonyl (C=O) groups is 2. The summed E-state index contributed by atoms with van der Waals surface area (Å²) in [6.45, 7) is 0.527. The highest BCUT2D eigenvalue weighted by molar-refractivity contribution is 7.21. The van der Waals surface area contributed by atoms with Gasteiger partial charge in [0.2, 0.25) is 0 Å². The van der Waals surface area contributed by atoms with E-state index in [9.17, 15) is 9.59 Å². The summed E-state index contributed by atoms with van der Waals surface area (Å²) in [5.41, 5.74) is 0.879. The number of furan rings is 1. The molecule has 0 unspecified atom stereocenters. The maximum absolute atomic E-state index is 12.6. The van der Waals surface area contributed by atoms with Crippen molar-refractivity contribution in [3.8, 4) is 10.8 Å². The summed E-state index contributed by atoms with van der Waals surface area (Å²) in [6.07, 6.45) is -1.00. The van der Waals surface area contributed by atoms with Crippen molar-refractivity contribution in [3.05, 3.63) is 42.2 Å². The number of hydrogen-bond acceptors (Lipinski definition) is 6. The van der Waals surface area contributed by atoms with Gasteiger partial charge in [0, 0.05) is 6.54 Å². The molecule has 1 aliphatic rings. The normalized spacial score (nSPS) is 17.8. The fourth-order valence-electron chi connectivity index (χ4n) is 2.68. The molecule has 1 amide bonds. The number of amides is 1. The van der Waals surface area contributed by atoms with E-state index in [0.717, 1.165) is 10.2 Å². The maximum atomic E-state index is 12.6. The van der Waals surface area contributed by atoms with Crippen LogP contribution >= 0.6 is 11.3 Å². The van der Waals surface area contributed by atoms with Gasteiger partial charge in [0.1, 0.15) is 0 Å². The van der Waals surface area contributed by atoms with Gasteiger partial charge < -0.3 is 19.2 Å². The predicted molar refractivity (Wildman–Crippen MR) is 90.6 cm³/mol. The van der Waals surface area contributed by atoms with E-state index >= 15 is 0 Å². The van der Waals surface area contributed by atoms with Crippen LogP contribution in [0.4, 0.5) is 0 Å². The predicted octanol–water partition coefficient (Wildman–Crippen LogP) is 2.48. The van der Waals surface area contributed by atoms with E-state index in [1.54, 1.807) is 12.1 Å². The first kappa shape index (κ1) is 15.8. The van der Waals surface area contributed by atoms with Gasteiger partial charge in [0.15, 0.2) is 22.6 Å². The molecule has 0 saturated carbocycles. The van der Waals surface area contributed by atoms with Crippen LogP contribution in [0.1, 0.15) is 10.6 Å². The highest BCUT2D eigenvalue weighted by Gasteiger charge is 2.30. The van der Waals surface area contributed by atoms with Gasteiger partial charge >= 0.3 is 5.97 Å². The molecule has 0 bridgehead atoms. The molecule has 8 heteroatoms. The highest BCUT2D eigenvalue weighted by atomic mass is 32.1. The number of fused-ring (bicyclic) bond motifs is 1. The van der Waals surface area contributed by atoms with Crippen LogP contribution in [0.25, 0.3) is 21.0 Å². The number of aliphatic carboxylic acids is 1. The molecular weight excluding hydrogens is 344 g/mol. The van der Waals surface area contributed by atoms with Crippen molar-refractivity contribution in [2.45, 2.75) is 6.10 Å². The first-order valence-corrected chi connectivity index (χ1v) is 8.53. The van der Waals surface area contributed by atoms with Crippen molar-refractivity contribution in [2.24, 2.45) is 0 Å². The van der Waals surface area contributed by atoms with Gasteiger partial charge in [-0.25, -0.2) is 9.78 Å². The molecular formula is C17H14N2O5S. The maximum Gasteiger partial charge on any atom is 0.334 e. The number of aromatic nitrogens is 1. The monoisotopic (exact) mass is 358 g/mol. The number of hydrogen-bond donors (Lipinski definition) is 1. The summed E-state index contributed by atoms with van der Waals surface area (Å²) in [6, 6.07) is 11.1. The third-order valence-corrected chi connectivity index (χ3v) is 5.00. The average Bonchev–Trinajstić information content (AvgIpc) is 3.27. The molecule has 0 spiro atoms. The summed E-state index contributed by atoms with van der Waals surface area (Å²) in [7, 11) is 0. The Balaban J connectivity index is 1.56. The van der Waals surface area contributed by atoms with Gasteiger partial charge in [-0.15, -0.1) is 11.3 Å². The van der Waals surface area contributed by atoms with E-state index in [-0.39, 0.29) is 24.8 Å². The Morgan fingerprint density at radius 1 is 1.24 bits per heavy atom. The molecule has 25 heavy (non-hydrogen) atoms. The minimum Gasteiger partial charge on any atom is -0.479 e. The molecule has 3 heterocycles. The van der Waals surface area contributed by atoms with Gasteiger partial charge in [-0.2, -0.15) is 0 Å². The molecule has 3 aromatic rings. The Labute approximate surface area is 146 Å². The number of carboxylic acids is 1. The Hall–Kier alpha value is -2.71. The van der Waals surface area contributed by atoms with Gasteiger partial charge in [-0.05, 0) is 24.3 Å². The lowest BCUT2D eigenvalue weighted by atomic mass is 10.2. The van der Waals surface area contributed by atoms with E-state index in [1.807, 2.05) is 24.3 Å². The van der Waals surface area contributed by atoms with Gasteiger partial charge in [-0.3, -0.25) is 4.79 Å². The molecule has 0 radical (unpaired) electrons. The Morgan fingerprint density at radius 3 is 2.88 bits per heavy atom. The second-order valence-corrected chi connectivity index (χ2v) is 6.63. The van der Waals surface area contributed by atoms with Crippen LogP contribution in [0.5, 0.6) is 0 Å². The largest absolute Gasteiger partial charge is 0.479 e. The molecule has 0 aliphatic carbocycles. The molecule has 2 aromatic heterocycles. The second kappa shape index (κ2) is 6.30. The number of carbonyl (C=O) groups excluding carboxylic acids is 1. The van der Waals surface area contributed by atoms with E-state index in [2.05, 4.69) is 4.98 Å². The number of benzene rings is 1. The fourth-order valence-corrected chi connectivity index (χ4v) is 3.61. The molecule has 128 valence electrons. The summed E-state index contributed by atoms with van der Waals surface area (Å²) < 4.78 is 11.9. The first-order chi connectivity index (χ1) is 12.1. The molecule has 4 rings (SSSR count). The summed E-state index contributed by atoms with van der Waals surface area (Å²) in [4.78, 5) is 29.5. The number of para-hydroxylation sites is 1. The van der Waals surface area contributed by atoms with E-state index in [1.165, 1.54) is 16.2 Å². The molecule has 1 saturated heterocycles. The van der Waals surface area contributed by atoms with Crippen LogP contribution in [0.15, 0.2) is 40.8 Å². The smallest absolute Gasteiger partial charge is 0.334 e. The Morgan fingerprint density at radius 2 is 2.08 bits per heavy atom. The van der Waals surface area contributed by atoms with Crippen LogP contribution < -0.4 is 0 Å². The van der Waals surface area contributed by atoms with Crippen LogP contribution in [-0.2, 0) is 9.53 Å². The lowest BCUT2D eigenvalue weighted by Crippen LogP contribution is -2.48. The zero-order chi connectivity index (χ0) is 17.4. The third kappa shape index (κ3) is 3.01. The topological polar surface area (TPSA) is 92.9 Å². The number of nitrogens with zero attached hydrogens (tertiary/aromatic N) is 2. The van der Waals surface area contributed by atoms with Crippen LogP contribution in [-0.4, -0.2) is 52.7 Å². The van der Waals surface area contributed by atoms with Gasteiger partial charge in [-0.1, -0.05) is 12.1 Å². The minimum absolute atomic E-state index is 0.00530. The molecule has 1 aromatic carbocycles. The number of ether oxygens (including phenoxy) is 1. The van der Waals surface area contributed by atoms with Gasteiger partial charge in [0.05, 0.1) is 23.4 Å². The number of rotatable bonds is 3. The second-order valence-electron chi connectivity index (χ2n) is 5.60. The van der Waals surface area contributed by atoms with Crippen molar-refractivity contribution >= 4 is 33.4 Å². The molecule has 1 atom stereocenters. The van der Waals surface area contributed by atoms with Gasteiger partial charge in [0.25, 0.3) is 5.91 Å². The minimum atomic E-state index is -1.08. The van der Waals surface area contributed by atoms with Crippen molar-refractivity contribution in [1.82, 2.24) is 9.88 Å². The van der Waals surface area contributed by atoms with Crippen molar-refractivity contribution in [2.75, 3.05) is 19.7 Å². The highest BCUT2D eigenvalue weighted by Crippen LogP contribution is 2.31. The lowest BCUT2D eigenvalue weighted by Gasteiger charge is -2.30. The first-order valence-electron chi connectivity index (χ1n) is 7.71. The SMILES string of the molecule is O=C(O)[C@H]1CN(C(=O)c2ccc(-c3nc4ccccc4s3)o2)CCO1. The number of morpholine rings is 1. The van der Waals surface area contributed by atoms with Crippen LogP contribution in [0.2, 0.25) is 0 Å². The van der Waals surface area contributed by atoms with E-state index in [0.29, 0.717) is 17.3 Å². The molecule has 1 N–H and O–H groups in total. The average molecular weight is 358 g/mol. The molecule has 1 aliphatic heterocycles. The summed E-state index contributed by atoms with van der Waals surface area (Å²) >= 11 is 1.49. The van der Waals surface area contributed by atoms with E-state index < -0.39 is 12.1 Å². The fraction of sp³-hybridized carbons (Fsp3) is 0.235. The van der Waals surface area contributed by atoms with E-state index in [4.69, 9.17) is 14.3 Å². The Kier molecular flexibility index (Phi) is 3.98. The zero-order valence-electron chi connectivity index (χ0n) is 13.0. The lowest BCUT2D eigenvalue weighted by molar-refractivity contribution is -0.154. The Bertz CT molecular complexity index is 914. The standard InChI is InChI=1S/C17H14N2O5S/c20-16(19-7-8-23-13(9-19)17(21)22)12-6-5-11(24-12)15-18-10-3-1-2-4-14(10)25-15/h1-6,13H,7-9H2,(H,21,22)/t13-/m1/s1. The summed E-state index contributed by atoms with van der Waals surface area (Å²) in [5.74, 6) is -0.734. The summed E-state index contributed by atoms with van der Waals surface area (Å²) in [5, 5.41) is 9.74. The molecule has 7 nitrogen and oxygen atoms in total. The van der Waals surface area contributed by atoms with Crippen molar-refractivity contribution in [3.63, 3.8) is 0 Å². The third-order valence-electron chi connectivity index (χ3n) is 3.95. The quantitative estimate of drug-likeness (QED) is 0.773. The van der Waals surface area contributed by atoms with Crippen molar-refractivity contribution < 1.29 is 23.8 Å². The van der Waals surface area contributed by atoms with Crippen LogP contribution in [0, 0.1) is 0 Å². The zero-order valence-corrected chi connectivity index (χ0v) is 13.9. The number of carboxylic acid groups (broad SMARTS) is 1.